The molecule has 5 aromatic rings. The maximum absolute atomic E-state index is 6.47. The molecule has 0 saturated heterocycles. The van der Waals surface area contributed by atoms with E-state index in [1.165, 1.54) is 15.9 Å². The normalized spacial score (nSPS) is 12.4. The van der Waals surface area contributed by atoms with Gasteiger partial charge in [-0.15, -0.1) is 10.2 Å². The topological polar surface area (TPSA) is 82.7 Å². The molecule has 5 aromatic carbocycles. The van der Waals surface area contributed by atoms with E-state index < -0.39 is 7.26 Å². The van der Waals surface area contributed by atoms with Crippen LogP contribution in [0.25, 0.3) is 0 Å². The molecule has 0 bridgehead atoms. The van der Waals surface area contributed by atoms with Gasteiger partial charge in [-0.25, -0.2) is 0 Å². The van der Waals surface area contributed by atoms with E-state index in [-0.39, 0.29) is 44.4 Å². The smallest absolute Gasteiger partial charge is 1.00 e. The third-order valence-corrected chi connectivity index (χ3v) is 12.6. The summed E-state index contributed by atoms with van der Waals surface area (Å²) in [7, 11) is -0.406. The van der Waals surface area contributed by atoms with Gasteiger partial charge in [0.05, 0.1) is 6.61 Å². The SMILES string of the molecule is CNC([S-])=NN=C(C(=NN=C([S-])NCCOC[P+](c1ccccc1)(c1ccccc1)c1ccccc1)c1ccccc1)c1ccc(Br)cc1.[Br-].[Cu+2]. The van der Waals surface area contributed by atoms with Crippen LogP contribution in [0.5, 0.6) is 0 Å². The van der Waals surface area contributed by atoms with Gasteiger partial charge in [-0.1, -0.05) is 113 Å². The second-order valence-corrected chi connectivity index (χ2v) is 15.7. The minimum atomic E-state index is -2.10. The van der Waals surface area contributed by atoms with Crippen LogP contribution in [0.2, 0.25) is 0 Å². The third-order valence-electron chi connectivity index (χ3n) is 7.48. The second kappa shape index (κ2) is 21.9. The van der Waals surface area contributed by atoms with Gasteiger partial charge in [0.1, 0.15) is 34.6 Å². The van der Waals surface area contributed by atoms with Crippen LogP contribution < -0.4 is 43.5 Å². The zero-order valence-corrected chi connectivity index (χ0v) is 34.1. The fourth-order valence-corrected chi connectivity index (χ4v) is 9.35. The Hall–Kier alpha value is -3.31. The Morgan fingerprint density at radius 3 is 1.47 bits per heavy atom. The van der Waals surface area contributed by atoms with Gasteiger partial charge in [0, 0.05) is 29.2 Å². The van der Waals surface area contributed by atoms with Crippen molar-refractivity contribution in [2.75, 3.05) is 26.5 Å². The quantitative estimate of drug-likeness (QED) is 0.0362. The molecule has 0 aliphatic carbocycles. The molecule has 7 nitrogen and oxygen atoms in total. The molecule has 1 radical (unpaired) electrons. The number of nitrogens with one attached hydrogen (secondary N) is 2. The van der Waals surface area contributed by atoms with Crippen molar-refractivity contribution in [3.63, 3.8) is 0 Å². The van der Waals surface area contributed by atoms with Crippen molar-refractivity contribution in [2.24, 2.45) is 20.4 Å². The van der Waals surface area contributed by atoms with E-state index in [1.807, 2.05) is 54.6 Å². The molecule has 0 saturated carbocycles. The largest absolute Gasteiger partial charge is 2.00 e. The van der Waals surface area contributed by atoms with Crippen LogP contribution in [0.3, 0.4) is 0 Å². The zero-order valence-electron chi connectivity index (χ0n) is 27.5. The van der Waals surface area contributed by atoms with Crippen LogP contribution in [0.15, 0.2) is 170 Å². The predicted molar refractivity (Wildman–Crippen MR) is 216 cm³/mol. The van der Waals surface area contributed by atoms with Crippen molar-refractivity contribution in [1.82, 2.24) is 10.6 Å². The molecule has 0 aliphatic heterocycles. The van der Waals surface area contributed by atoms with Crippen molar-refractivity contribution < 1.29 is 38.8 Å². The molecule has 5 rings (SSSR count). The molecule has 13 heteroatoms. The van der Waals surface area contributed by atoms with E-state index in [9.17, 15) is 0 Å². The summed E-state index contributed by atoms with van der Waals surface area (Å²) in [6.07, 6.45) is 0.540. The molecule has 0 heterocycles. The first kappa shape index (κ1) is 42.1. The fraction of sp³-hybridized carbons (Fsp3) is 0.105. The van der Waals surface area contributed by atoms with Crippen LogP contribution in [0.4, 0.5) is 0 Å². The number of halogens is 2. The number of hydrogen-bond acceptors (Lipinski definition) is 7. The van der Waals surface area contributed by atoms with Gasteiger partial charge >= 0.3 is 17.1 Å². The van der Waals surface area contributed by atoms with Crippen molar-refractivity contribution in [3.05, 3.63) is 161 Å². The molecular weight excluding hydrogens is 875 g/mol. The maximum atomic E-state index is 6.47. The second-order valence-electron chi connectivity index (χ2n) is 10.6. The summed E-state index contributed by atoms with van der Waals surface area (Å²) in [5.74, 6) is 0. The third kappa shape index (κ3) is 11.6. The zero-order chi connectivity index (χ0) is 34.3. The minimum absolute atomic E-state index is 0. The molecule has 2 N–H and O–H groups in total. The van der Waals surface area contributed by atoms with Gasteiger partial charge in [-0.2, -0.15) is 10.2 Å². The average molecular weight is 910 g/mol. The number of hydrogen-bond donors (Lipinski definition) is 2. The monoisotopic (exact) mass is 907 g/mol. The van der Waals surface area contributed by atoms with E-state index in [1.54, 1.807) is 7.05 Å². The van der Waals surface area contributed by atoms with E-state index in [0.29, 0.717) is 30.9 Å². The van der Waals surface area contributed by atoms with E-state index in [0.717, 1.165) is 15.6 Å². The van der Waals surface area contributed by atoms with Crippen molar-refractivity contribution in [1.29, 1.82) is 0 Å². The fourth-order valence-electron chi connectivity index (χ4n) is 5.11. The van der Waals surface area contributed by atoms with E-state index in [2.05, 4.69) is 138 Å². The number of ether oxygens (including phenoxy) is 1. The molecular formula is C38H35Br2CuN6OPS2. The Morgan fingerprint density at radius 2 is 1.02 bits per heavy atom. The summed E-state index contributed by atoms with van der Waals surface area (Å²) in [5, 5.41) is 27.9. The summed E-state index contributed by atoms with van der Waals surface area (Å²) < 4.78 is 7.41. The molecule has 265 valence electrons. The van der Waals surface area contributed by atoms with Crippen LogP contribution in [-0.4, -0.2) is 48.3 Å². The van der Waals surface area contributed by atoms with Crippen molar-refractivity contribution in [2.45, 2.75) is 0 Å². The van der Waals surface area contributed by atoms with Gasteiger partial charge in [-0.05, 0) is 58.9 Å². The number of nitrogens with zero attached hydrogens (tertiary/aromatic N) is 4. The van der Waals surface area contributed by atoms with E-state index >= 15 is 0 Å². The molecule has 0 aromatic heterocycles. The summed E-state index contributed by atoms with van der Waals surface area (Å²) >= 11 is 14.3. The molecule has 0 amide bonds. The number of amidine groups is 2. The van der Waals surface area contributed by atoms with Gasteiger partial charge in [0.2, 0.25) is 0 Å². The van der Waals surface area contributed by atoms with Crippen LogP contribution in [0, 0.1) is 0 Å². The van der Waals surface area contributed by atoms with Crippen molar-refractivity contribution in [3.8, 4) is 0 Å². The first-order valence-electron chi connectivity index (χ1n) is 15.5. The molecule has 0 atom stereocenters. The van der Waals surface area contributed by atoms with Gasteiger partial charge in [-0.3, -0.25) is 0 Å². The van der Waals surface area contributed by atoms with Crippen molar-refractivity contribution >= 4 is 86.1 Å². The Labute approximate surface area is 341 Å². The first-order valence-corrected chi connectivity index (χ1v) is 19.1. The minimum Gasteiger partial charge on any atom is -1.00 e. The van der Waals surface area contributed by atoms with Crippen LogP contribution in [0.1, 0.15) is 11.1 Å². The van der Waals surface area contributed by atoms with Crippen LogP contribution >= 0.6 is 23.2 Å². The Balaban J connectivity index is 0.00000351. The number of benzene rings is 5. The van der Waals surface area contributed by atoms with E-state index in [4.69, 9.17) is 30.0 Å². The standard InChI is InChI=1S/C38H36BrN6OPS2.BrH.Cu/c1-40-37(48)44-42-36(30-22-24-31(39)25-23-30)35(29-14-6-2-7-15-29)43-45-38(49)41-26-27-46-28-47(32-16-8-3-9-17-32,33-18-10-4-11-19-33)34-20-12-5-13-21-34;;/h2-25H,26-28H2,1H3,(H3-,40,41,42,43,44,45,48,49);1H;/q;;+2/p-2. The number of rotatable bonds is 13. The first-order chi connectivity index (χ1) is 24.0. The molecule has 0 aliphatic rings. The molecule has 0 fully saturated rings. The molecule has 0 unspecified atom stereocenters. The maximum Gasteiger partial charge on any atom is 2.00 e. The predicted octanol–water partition coefficient (Wildman–Crippen LogP) is 3.14. The van der Waals surface area contributed by atoms with Gasteiger partial charge in [0.15, 0.2) is 6.35 Å². The average Bonchev–Trinajstić information content (AvgIpc) is 3.16. The molecule has 0 spiro atoms. The molecule has 51 heavy (non-hydrogen) atoms. The Bertz CT molecular complexity index is 1810. The summed E-state index contributed by atoms with van der Waals surface area (Å²) in [6, 6.07) is 49.3. The van der Waals surface area contributed by atoms with Gasteiger partial charge in [0.25, 0.3) is 0 Å². The summed E-state index contributed by atoms with van der Waals surface area (Å²) in [5.41, 5.74) is 2.58. The Morgan fingerprint density at radius 1 is 0.608 bits per heavy atom. The Kier molecular flexibility index (Phi) is 18.1. The summed E-state index contributed by atoms with van der Waals surface area (Å²) in [4.78, 5) is 0. The summed E-state index contributed by atoms with van der Waals surface area (Å²) in [6.45, 7) is 0.876. The van der Waals surface area contributed by atoms with Gasteiger partial charge < -0.3 is 57.6 Å². The van der Waals surface area contributed by atoms with Crippen LogP contribution in [-0.2, 0) is 47.1 Å².